The topological polar surface area (TPSA) is 27.7 Å². The summed E-state index contributed by atoms with van der Waals surface area (Å²) in [5, 5.41) is 0. The van der Waals surface area contributed by atoms with Crippen LogP contribution in [0, 0.1) is 11.8 Å². The monoisotopic (exact) mass is 224 g/mol. The first-order valence-electron chi connectivity index (χ1n) is 5.90. The molecule has 2 aliphatic carbocycles. The van der Waals surface area contributed by atoms with E-state index in [4.69, 9.17) is 14.2 Å². The average molecular weight is 224 g/mol. The molecule has 90 valence electrons. The molecule has 2 unspecified atom stereocenters. The van der Waals surface area contributed by atoms with Gasteiger partial charge in [-0.3, -0.25) is 0 Å². The van der Waals surface area contributed by atoms with Crippen LogP contribution in [0.5, 0.6) is 0 Å². The second-order valence-corrected chi connectivity index (χ2v) is 4.38. The highest BCUT2D eigenvalue weighted by molar-refractivity contribution is 5.32. The predicted octanol–water partition coefficient (Wildman–Crippen LogP) is 2.15. The largest absolute Gasteiger partial charge is 0.495 e. The first-order chi connectivity index (χ1) is 7.83. The molecule has 0 heterocycles. The van der Waals surface area contributed by atoms with Crippen molar-refractivity contribution in [1.29, 1.82) is 0 Å². The maximum Gasteiger partial charge on any atom is 0.111 e. The van der Waals surface area contributed by atoms with Gasteiger partial charge in [-0.2, -0.15) is 0 Å². The van der Waals surface area contributed by atoms with Gasteiger partial charge in [0.25, 0.3) is 0 Å². The van der Waals surface area contributed by atoms with E-state index >= 15 is 0 Å². The molecule has 3 nitrogen and oxygen atoms in total. The van der Waals surface area contributed by atoms with Crippen LogP contribution in [0.1, 0.15) is 13.3 Å². The summed E-state index contributed by atoms with van der Waals surface area (Å²) < 4.78 is 15.9. The van der Waals surface area contributed by atoms with E-state index in [2.05, 4.69) is 19.1 Å². The van der Waals surface area contributed by atoms with Crippen LogP contribution in [0.3, 0.4) is 0 Å². The summed E-state index contributed by atoms with van der Waals surface area (Å²) in [6.45, 7) is 4.78. The minimum absolute atomic E-state index is 0.640. The van der Waals surface area contributed by atoms with Crippen molar-refractivity contribution in [2.24, 2.45) is 11.8 Å². The van der Waals surface area contributed by atoms with Crippen molar-refractivity contribution in [3.05, 3.63) is 23.5 Å². The third-order valence-electron chi connectivity index (χ3n) is 3.18. The first-order valence-corrected chi connectivity index (χ1v) is 5.90. The lowest BCUT2D eigenvalue weighted by atomic mass is 10.1. The Labute approximate surface area is 97.1 Å². The van der Waals surface area contributed by atoms with Crippen molar-refractivity contribution in [3.8, 4) is 0 Å². The molecule has 2 rings (SSSR count). The number of hydrogen-bond acceptors (Lipinski definition) is 3. The van der Waals surface area contributed by atoms with Gasteiger partial charge in [0.1, 0.15) is 6.61 Å². The summed E-state index contributed by atoms with van der Waals surface area (Å²) >= 11 is 0. The number of fused-ring (bicyclic) bond motifs is 1. The van der Waals surface area contributed by atoms with Gasteiger partial charge < -0.3 is 14.2 Å². The fourth-order valence-electron chi connectivity index (χ4n) is 2.09. The lowest BCUT2D eigenvalue weighted by Crippen LogP contribution is -2.09. The van der Waals surface area contributed by atoms with E-state index in [1.807, 2.05) is 0 Å². The molecule has 0 aromatic heterocycles. The van der Waals surface area contributed by atoms with Crippen molar-refractivity contribution < 1.29 is 14.2 Å². The maximum absolute atomic E-state index is 5.72. The SMILES string of the molecule is COCCOCCOC1=CC=C(C)C2CC12. The zero-order valence-corrected chi connectivity index (χ0v) is 10.1. The Kier molecular flexibility index (Phi) is 4.02. The summed E-state index contributed by atoms with van der Waals surface area (Å²) in [6.07, 6.45) is 5.55. The Balaban J connectivity index is 1.60. The van der Waals surface area contributed by atoms with E-state index < -0.39 is 0 Å². The molecule has 0 aromatic carbocycles. The van der Waals surface area contributed by atoms with Gasteiger partial charge in [-0.15, -0.1) is 0 Å². The number of ether oxygens (including phenoxy) is 3. The van der Waals surface area contributed by atoms with E-state index in [1.54, 1.807) is 7.11 Å². The fourth-order valence-corrected chi connectivity index (χ4v) is 2.09. The number of hydrogen-bond donors (Lipinski definition) is 0. The molecule has 0 bridgehead atoms. The minimum Gasteiger partial charge on any atom is -0.495 e. The highest BCUT2D eigenvalue weighted by atomic mass is 16.5. The quantitative estimate of drug-likeness (QED) is 0.620. The van der Waals surface area contributed by atoms with Crippen LogP contribution in [-0.4, -0.2) is 33.5 Å². The molecule has 2 aliphatic rings. The molecule has 0 saturated heterocycles. The van der Waals surface area contributed by atoms with E-state index in [9.17, 15) is 0 Å². The van der Waals surface area contributed by atoms with Crippen LogP contribution in [0.15, 0.2) is 23.5 Å². The zero-order chi connectivity index (χ0) is 11.4. The molecule has 2 atom stereocenters. The number of allylic oxidation sites excluding steroid dienone is 4. The van der Waals surface area contributed by atoms with E-state index in [1.165, 1.54) is 12.0 Å². The second kappa shape index (κ2) is 5.51. The van der Waals surface area contributed by atoms with Crippen molar-refractivity contribution in [2.45, 2.75) is 13.3 Å². The molecule has 1 fully saturated rings. The normalized spacial score (nSPS) is 26.9. The zero-order valence-electron chi connectivity index (χ0n) is 10.1. The first kappa shape index (κ1) is 11.7. The third-order valence-corrected chi connectivity index (χ3v) is 3.18. The lowest BCUT2D eigenvalue weighted by molar-refractivity contribution is 0.0391. The van der Waals surface area contributed by atoms with Crippen LogP contribution in [0.2, 0.25) is 0 Å². The van der Waals surface area contributed by atoms with Crippen molar-refractivity contribution in [3.63, 3.8) is 0 Å². The van der Waals surface area contributed by atoms with Crippen molar-refractivity contribution in [2.75, 3.05) is 33.5 Å². The second-order valence-electron chi connectivity index (χ2n) is 4.38. The Morgan fingerprint density at radius 2 is 1.94 bits per heavy atom. The maximum atomic E-state index is 5.72. The predicted molar refractivity (Wildman–Crippen MR) is 62.1 cm³/mol. The molecule has 16 heavy (non-hydrogen) atoms. The van der Waals surface area contributed by atoms with Gasteiger partial charge in [-0.1, -0.05) is 11.6 Å². The molecule has 1 saturated carbocycles. The summed E-state index contributed by atoms with van der Waals surface area (Å²) in [4.78, 5) is 0. The fraction of sp³-hybridized carbons (Fsp3) is 0.692. The van der Waals surface area contributed by atoms with Gasteiger partial charge in [0.05, 0.1) is 25.6 Å². The van der Waals surface area contributed by atoms with E-state index in [-0.39, 0.29) is 0 Å². The molecule has 3 heteroatoms. The molecular formula is C13H20O3. The number of methoxy groups -OCH3 is 1. The molecule has 0 aliphatic heterocycles. The van der Waals surface area contributed by atoms with Crippen molar-refractivity contribution >= 4 is 0 Å². The van der Waals surface area contributed by atoms with Crippen molar-refractivity contribution in [1.82, 2.24) is 0 Å². The van der Waals surface area contributed by atoms with Gasteiger partial charge in [-0.25, -0.2) is 0 Å². The van der Waals surface area contributed by atoms with Crippen LogP contribution in [-0.2, 0) is 14.2 Å². The van der Waals surface area contributed by atoms with Gasteiger partial charge in [-0.05, 0) is 25.3 Å². The Morgan fingerprint density at radius 3 is 2.75 bits per heavy atom. The number of rotatable bonds is 7. The summed E-state index contributed by atoms with van der Waals surface area (Å²) in [6, 6.07) is 0. The molecule has 0 aromatic rings. The van der Waals surface area contributed by atoms with Gasteiger partial charge >= 0.3 is 0 Å². The molecule has 0 radical (unpaired) electrons. The molecule has 0 amide bonds. The Bertz CT molecular complexity index is 294. The lowest BCUT2D eigenvalue weighted by Gasteiger charge is -2.13. The molecular weight excluding hydrogens is 204 g/mol. The third kappa shape index (κ3) is 2.86. The summed E-state index contributed by atoms with van der Waals surface area (Å²) in [5.41, 5.74) is 1.49. The Morgan fingerprint density at radius 1 is 1.12 bits per heavy atom. The van der Waals surface area contributed by atoms with Crippen LogP contribution < -0.4 is 0 Å². The average Bonchev–Trinajstić information content (AvgIpc) is 3.07. The molecule has 0 spiro atoms. The minimum atomic E-state index is 0.640. The highest BCUT2D eigenvalue weighted by Gasteiger charge is 2.43. The van der Waals surface area contributed by atoms with Crippen LogP contribution >= 0.6 is 0 Å². The smallest absolute Gasteiger partial charge is 0.111 e. The van der Waals surface area contributed by atoms with Gasteiger partial charge in [0.15, 0.2) is 0 Å². The highest BCUT2D eigenvalue weighted by Crippen LogP contribution is 2.51. The summed E-state index contributed by atoms with van der Waals surface area (Å²) in [7, 11) is 1.68. The van der Waals surface area contributed by atoms with Crippen LogP contribution in [0.25, 0.3) is 0 Å². The molecule has 0 N–H and O–H groups in total. The van der Waals surface area contributed by atoms with Gasteiger partial charge in [0.2, 0.25) is 0 Å². The van der Waals surface area contributed by atoms with Crippen LogP contribution in [0.4, 0.5) is 0 Å². The Hall–Kier alpha value is -0.800. The van der Waals surface area contributed by atoms with Gasteiger partial charge in [0, 0.05) is 13.0 Å². The van der Waals surface area contributed by atoms with E-state index in [0.29, 0.717) is 32.3 Å². The van der Waals surface area contributed by atoms with E-state index in [0.717, 1.165) is 11.7 Å². The summed E-state index contributed by atoms with van der Waals surface area (Å²) in [5.74, 6) is 2.56. The standard InChI is InChI=1S/C13H20O3/c1-10-3-4-13(12-9-11(10)12)16-8-7-15-6-5-14-2/h3-4,11-12H,5-9H2,1-2H3.